The molecule has 4 heteroatoms. The van der Waals surface area contributed by atoms with Gasteiger partial charge in [0.05, 0.1) is 5.56 Å². The molecule has 0 heterocycles. The maximum Gasteiger partial charge on any atom is 0.167 e. The van der Waals surface area contributed by atoms with Crippen molar-refractivity contribution in [3.63, 3.8) is 0 Å². The highest BCUT2D eigenvalue weighted by molar-refractivity contribution is 9.10. The number of hydrogen-bond acceptors (Lipinski definition) is 2. The van der Waals surface area contributed by atoms with Crippen molar-refractivity contribution in [1.29, 1.82) is 0 Å². The fourth-order valence-electron chi connectivity index (χ4n) is 1.27. The molecule has 0 unspecified atom stereocenters. The summed E-state index contributed by atoms with van der Waals surface area (Å²) in [6.07, 6.45) is 0.906. The number of Topliss-reactive ketones (excluding diaryl/α,β-unsaturated/α-hetero) is 1. The minimum absolute atomic E-state index is 0.133. The van der Waals surface area contributed by atoms with Crippen molar-refractivity contribution in [2.45, 2.75) is 12.8 Å². The Kier molecular flexibility index (Phi) is 4.91. The van der Waals surface area contributed by atoms with Crippen molar-refractivity contribution < 1.29 is 13.9 Å². The minimum atomic E-state index is -0.480. The molecular formula is C11H12BrFO2. The van der Waals surface area contributed by atoms with Gasteiger partial charge in [0.15, 0.2) is 5.78 Å². The quantitative estimate of drug-likeness (QED) is 0.609. The van der Waals surface area contributed by atoms with Gasteiger partial charge in [-0.2, -0.15) is 0 Å². The van der Waals surface area contributed by atoms with Gasteiger partial charge in [0.1, 0.15) is 5.82 Å². The molecule has 0 saturated heterocycles. The molecule has 15 heavy (non-hydrogen) atoms. The summed E-state index contributed by atoms with van der Waals surface area (Å²) in [5, 5.41) is 0. The molecule has 0 aromatic heterocycles. The molecule has 82 valence electrons. The first kappa shape index (κ1) is 12.3. The van der Waals surface area contributed by atoms with Gasteiger partial charge in [-0.25, -0.2) is 4.39 Å². The van der Waals surface area contributed by atoms with E-state index in [0.717, 1.165) is 0 Å². The number of hydrogen-bond donors (Lipinski definition) is 0. The van der Waals surface area contributed by atoms with E-state index in [1.54, 1.807) is 19.2 Å². The van der Waals surface area contributed by atoms with Crippen LogP contribution in [0.1, 0.15) is 23.2 Å². The molecular weight excluding hydrogens is 263 g/mol. The van der Waals surface area contributed by atoms with E-state index in [9.17, 15) is 9.18 Å². The lowest BCUT2D eigenvalue weighted by molar-refractivity contribution is 0.0958. The zero-order chi connectivity index (χ0) is 11.3. The number of methoxy groups -OCH3 is 1. The van der Waals surface area contributed by atoms with Crippen LogP contribution in [0, 0.1) is 5.82 Å². The SMILES string of the molecule is COCCCC(=O)c1c(F)cccc1Br. The second-order valence-electron chi connectivity index (χ2n) is 3.12. The Balaban J connectivity index is 2.73. The molecule has 0 amide bonds. The van der Waals surface area contributed by atoms with E-state index in [4.69, 9.17) is 4.74 Å². The van der Waals surface area contributed by atoms with Crippen molar-refractivity contribution in [2.75, 3.05) is 13.7 Å². The molecule has 1 aromatic rings. The maximum absolute atomic E-state index is 13.3. The van der Waals surface area contributed by atoms with Crippen LogP contribution < -0.4 is 0 Å². The molecule has 0 aliphatic rings. The largest absolute Gasteiger partial charge is 0.385 e. The van der Waals surface area contributed by atoms with E-state index >= 15 is 0 Å². The van der Waals surface area contributed by atoms with Gasteiger partial charge in [-0.15, -0.1) is 0 Å². The smallest absolute Gasteiger partial charge is 0.167 e. The summed E-state index contributed by atoms with van der Waals surface area (Å²) >= 11 is 3.16. The third-order valence-corrected chi connectivity index (χ3v) is 2.65. The minimum Gasteiger partial charge on any atom is -0.385 e. The fourth-order valence-corrected chi connectivity index (χ4v) is 1.83. The molecule has 0 radical (unpaired) electrons. The van der Waals surface area contributed by atoms with Crippen LogP contribution in [0.15, 0.2) is 22.7 Å². The Hall–Kier alpha value is -0.740. The van der Waals surface area contributed by atoms with Crippen molar-refractivity contribution in [2.24, 2.45) is 0 Å². The highest BCUT2D eigenvalue weighted by Crippen LogP contribution is 2.21. The highest BCUT2D eigenvalue weighted by atomic mass is 79.9. The van der Waals surface area contributed by atoms with E-state index in [1.807, 2.05) is 0 Å². The van der Waals surface area contributed by atoms with Gasteiger partial charge in [0.2, 0.25) is 0 Å². The number of ketones is 1. The first-order valence-electron chi connectivity index (χ1n) is 4.63. The fraction of sp³-hybridized carbons (Fsp3) is 0.364. The normalized spacial score (nSPS) is 10.3. The number of carbonyl (C=O) groups is 1. The predicted molar refractivity (Wildman–Crippen MR) is 59.5 cm³/mol. The third-order valence-electron chi connectivity index (χ3n) is 1.99. The molecule has 0 bridgehead atoms. The predicted octanol–water partition coefficient (Wildman–Crippen LogP) is 3.20. The molecule has 1 aromatic carbocycles. The van der Waals surface area contributed by atoms with Gasteiger partial charge in [-0.1, -0.05) is 6.07 Å². The van der Waals surface area contributed by atoms with E-state index < -0.39 is 5.82 Å². The summed E-state index contributed by atoms with van der Waals surface area (Å²) in [5.41, 5.74) is 0.133. The number of halogens is 2. The lowest BCUT2D eigenvalue weighted by atomic mass is 10.1. The summed E-state index contributed by atoms with van der Waals surface area (Å²) in [7, 11) is 1.57. The summed E-state index contributed by atoms with van der Waals surface area (Å²) in [6.45, 7) is 0.512. The average Bonchev–Trinajstić information content (AvgIpc) is 2.18. The van der Waals surface area contributed by atoms with Crippen LogP contribution >= 0.6 is 15.9 Å². The van der Waals surface area contributed by atoms with Crippen LogP contribution in [0.3, 0.4) is 0 Å². The zero-order valence-electron chi connectivity index (χ0n) is 8.43. The van der Waals surface area contributed by atoms with Crippen molar-refractivity contribution in [3.05, 3.63) is 34.1 Å². The van der Waals surface area contributed by atoms with Crippen molar-refractivity contribution in [3.8, 4) is 0 Å². The lowest BCUT2D eigenvalue weighted by Crippen LogP contribution is -2.05. The standard InChI is InChI=1S/C11H12BrFO2/c1-15-7-3-6-10(14)11-8(12)4-2-5-9(11)13/h2,4-5H,3,6-7H2,1H3. The summed E-state index contributed by atoms with van der Waals surface area (Å²) < 4.78 is 18.7. The molecule has 0 atom stereocenters. The Morgan fingerprint density at radius 3 is 2.87 bits per heavy atom. The van der Waals surface area contributed by atoms with Gasteiger partial charge < -0.3 is 4.74 Å². The third kappa shape index (κ3) is 3.39. The van der Waals surface area contributed by atoms with Gasteiger partial charge in [-0.05, 0) is 34.5 Å². The first-order chi connectivity index (χ1) is 7.16. The first-order valence-corrected chi connectivity index (χ1v) is 5.42. The number of carbonyl (C=O) groups excluding carboxylic acids is 1. The highest BCUT2D eigenvalue weighted by Gasteiger charge is 2.14. The average molecular weight is 275 g/mol. The Bertz CT molecular complexity index is 332. The van der Waals surface area contributed by atoms with Crippen LogP contribution in [-0.4, -0.2) is 19.5 Å². The Labute approximate surface area is 96.6 Å². The van der Waals surface area contributed by atoms with Gasteiger partial charge in [0.25, 0.3) is 0 Å². The van der Waals surface area contributed by atoms with Crippen LogP contribution in [0.25, 0.3) is 0 Å². The molecule has 0 N–H and O–H groups in total. The molecule has 0 aliphatic carbocycles. The van der Waals surface area contributed by atoms with Gasteiger partial charge in [-0.3, -0.25) is 4.79 Å². The Morgan fingerprint density at radius 2 is 2.27 bits per heavy atom. The molecule has 0 aliphatic heterocycles. The van der Waals surface area contributed by atoms with Gasteiger partial charge >= 0.3 is 0 Å². The molecule has 1 rings (SSSR count). The van der Waals surface area contributed by atoms with E-state index in [1.165, 1.54) is 6.07 Å². The summed E-state index contributed by atoms with van der Waals surface area (Å²) in [5.74, 6) is -0.677. The lowest BCUT2D eigenvalue weighted by Gasteiger charge is -2.04. The van der Waals surface area contributed by atoms with Crippen LogP contribution in [-0.2, 0) is 4.74 Å². The second-order valence-corrected chi connectivity index (χ2v) is 3.97. The number of benzene rings is 1. The summed E-state index contributed by atoms with van der Waals surface area (Å²) in [6, 6.07) is 4.51. The topological polar surface area (TPSA) is 26.3 Å². The second kappa shape index (κ2) is 5.98. The van der Waals surface area contributed by atoms with Crippen LogP contribution in [0.4, 0.5) is 4.39 Å². The van der Waals surface area contributed by atoms with Gasteiger partial charge in [0, 0.05) is 24.6 Å². The van der Waals surface area contributed by atoms with Crippen molar-refractivity contribution >= 4 is 21.7 Å². The molecule has 0 saturated carbocycles. The monoisotopic (exact) mass is 274 g/mol. The number of rotatable bonds is 5. The van der Waals surface area contributed by atoms with E-state index in [0.29, 0.717) is 23.9 Å². The van der Waals surface area contributed by atoms with E-state index in [2.05, 4.69) is 15.9 Å². The molecule has 0 spiro atoms. The molecule has 2 nitrogen and oxygen atoms in total. The van der Waals surface area contributed by atoms with Crippen LogP contribution in [0.2, 0.25) is 0 Å². The van der Waals surface area contributed by atoms with Crippen molar-refractivity contribution in [1.82, 2.24) is 0 Å². The number of ether oxygens (including phenoxy) is 1. The maximum atomic E-state index is 13.3. The summed E-state index contributed by atoms with van der Waals surface area (Å²) in [4.78, 5) is 11.6. The zero-order valence-corrected chi connectivity index (χ0v) is 10.0. The van der Waals surface area contributed by atoms with Crippen LogP contribution in [0.5, 0.6) is 0 Å². The van der Waals surface area contributed by atoms with E-state index in [-0.39, 0.29) is 11.3 Å². The molecule has 0 fully saturated rings. The Morgan fingerprint density at radius 1 is 1.53 bits per heavy atom.